The summed E-state index contributed by atoms with van der Waals surface area (Å²) in [4.78, 5) is 22.5. The van der Waals surface area contributed by atoms with Crippen LogP contribution in [-0.4, -0.2) is 22.9 Å². The van der Waals surface area contributed by atoms with Gasteiger partial charge in [0.1, 0.15) is 11.8 Å². The Kier molecular flexibility index (Phi) is 6.50. The van der Waals surface area contributed by atoms with Gasteiger partial charge in [-0.05, 0) is 19.3 Å². The van der Waals surface area contributed by atoms with Crippen LogP contribution in [0.15, 0.2) is 23.8 Å². The number of ketones is 1. The Balaban J connectivity index is 2.12. The van der Waals surface area contributed by atoms with Gasteiger partial charge in [-0.2, -0.15) is 0 Å². The van der Waals surface area contributed by atoms with Crippen LogP contribution < -0.4 is 5.73 Å². The fourth-order valence-electron chi connectivity index (χ4n) is 2.17. The third-order valence-electron chi connectivity index (χ3n) is 3.59. The molecule has 19 heavy (non-hydrogen) atoms. The first-order valence-electron chi connectivity index (χ1n) is 6.89. The summed E-state index contributed by atoms with van der Waals surface area (Å²) in [7, 11) is 0. The number of Topliss-reactive ketones (excluding diaryl/α,β-unsaturated/α-hetero) is 1. The van der Waals surface area contributed by atoms with Crippen molar-refractivity contribution in [1.82, 2.24) is 0 Å². The normalized spacial score (nSPS) is 17.1. The summed E-state index contributed by atoms with van der Waals surface area (Å²) in [6.45, 7) is 1.96. The fraction of sp³-hybridized carbons (Fsp3) is 0.600. The molecule has 106 valence electrons. The minimum Gasteiger partial charge on any atom is -0.480 e. The fourth-order valence-corrected chi connectivity index (χ4v) is 2.17. The molecule has 4 heteroatoms. The van der Waals surface area contributed by atoms with E-state index in [4.69, 9.17) is 10.8 Å². The van der Waals surface area contributed by atoms with Crippen LogP contribution in [0.4, 0.5) is 0 Å². The summed E-state index contributed by atoms with van der Waals surface area (Å²) in [5.41, 5.74) is 6.60. The van der Waals surface area contributed by atoms with Crippen molar-refractivity contribution in [2.75, 3.05) is 0 Å². The maximum atomic E-state index is 11.9. The van der Waals surface area contributed by atoms with Crippen molar-refractivity contribution in [2.45, 2.75) is 51.5 Å². The smallest absolute Gasteiger partial charge is 0.320 e. The predicted molar refractivity (Wildman–Crippen MR) is 74.7 cm³/mol. The Morgan fingerprint density at radius 1 is 1.37 bits per heavy atom. The molecule has 1 unspecified atom stereocenters. The maximum absolute atomic E-state index is 11.9. The van der Waals surface area contributed by atoms with Crippen molar-refractivity contribution in [3.05, 3.63) is 23.8 Å². The number of carboxylic acid groups (broad SMARTS) is 1. The van der Waals surface area contributed by atoms with Crippen LogP contribution in [0.5, 0.6) is 0 Å². The van der Waals surface area contributed by atoms with E-state index in [0.717, 1.165) is 25.7 Å². The van der Waals surface area contributed by atoms with Gasteiger partial charge >= 0.3 is 5.97 Å². The van der Waals surface area contributed by atoms with E-state index in [-0.39, 0.29) is 11.7 Å². The lowest BCUT2D eigenvalue weighted by molar-refractivity contribution is -0.138. The van der Waals surface area contributed by atoms with Crippen LogP contribution in [0, 0.1) is 5.92 Å². The first kappa shape index (κ1) is 15.6. The summed E-state index contributed by atoms with van der Waals surface area (Å²) in [6, 6.07) is -0.774. The van der Waals surface area contributed by atoms with Crippen LogP contribution in [-0.2, 0) is 9.59 Å². The van der Waals surface area contributed by atoms with Crippen molar-refractivity contribution in [3.8, 4) is 0 Å². The molecule has 0 amide bonds. The monoisotopic (exact) mass is 265 g/mol. The van der Waals surface area contributed by atoms with Crippen LogP contribution in [0.3, 0.4) is 0 Å². The molecular formula is C15H23NO3. The van der Waals surface area contributed by atoms with Crippen LogP contribution >= 0.6 is 0 Å². The summed E-state index contributed by atoms with van der Waals surface area (Å²) >= 11 is 0. The van der Waals surface area contributed by atoms with Gasteiger partial charge in [0, 0.05) is 12.3 Å². The molecule has 0 aromatic carbocycles. The summed E-state index contributed by atoms with van der Waals surface area (Å²) < 4.78 is 0. The minimum absolute atomic E-state index is 0.0104. The molecule has 0 saturated heterocycles. The Labute approximate surface area is 114 Å². The first-order valence-corrected chi connectivity index (χ1v) is 6.89. The highest BCUT2D eigenvalue weighted by Gasteiger charge is 2.17. The standard InChI is InChI=1S/C15H23NO3/c1-11(12-7-5-6-8-12)14(17)10-4-2-3-9-13(16)15(18)19/h5-7,11,13H,2-4,8-10,16H2,1H3,(H,18,19)/t11?,13-/m0/s1. The number of hydrogen-bond donors (Lipinski definition) is 2. The summed E-state index contributed by atoms with van der Waals surface area (Å²) in [6.07, 6.45) is 10.5. The quantitative estimate of drug-likeness (QED) is 0.627. The van der Waals surface area contributed by atoms with E-state index < -0.39 is 12.0 Å². The third kappa shape index (κ3) is 5.39. The molecule has 0 bridgehead atoms. The van der Waals surface area contributed by atoms with Crippen molar-refractivity contribution in [3.63, 3.8) is 0 Å². The molecule has 0 aliphatic heterocycles. The van der Waals surface area contributed by atoms with Crippen LogP contribution in [0.1, 0.15) is 45.4 Å². The Hall–Kier alpha value is -1.42. The van der Waals surface area contributed by atoms with Gasteiger partial charge in [-0.1, -0.05) is 43.6 Å². The number of hydrogen-bond acceptors (Lipinski definition) is 3. The van der Waals surface area contributed by atoms with Crippen molar-refractivity contribution >= 4 is 11.8 Å². The number of nitrogens with two attached hydrogens (primary N) is 1. The topological polar surface area (TPSA) is 80.4 Å². The summed E-state index contributed by atoms with van der Waals surface area (Å²) in [5.74, 6) is -0.667. The zero-order valence-electron chi connectivity index (χ0n) is 11.5. The lowest BCUT2D eigenvalue weighted by Crippen LogP contribution is -2.29. The largest absolute Gasteiger partial charge is 0.480 e. The van der Waals surface area contributed by atoms with Gasteiger partial charge in [-0.15, -0.1) is 0 Å². The second-order valence-electron chi connectivity index (χ2n) is 5.11. The van der Waals surface area contributed by atoms with E-state index in [1.807, 2.05) is 19.1 Å². The van der Waals surface area contributed by atoms with Gasteiger partial charge in [-0.25, -0.2) is 0 Å². The number of rotatable bonds is 9. The molecule has 3 N–H and O–H groups in total. The van der Waals surface area contributed by atoms with E-state index in [9.17, 15) is 9.59 Å². The lowest BCUT2D eigenvalue weighted by atomic mass is 9.92. The Bertz CT molecular complexity index is 385. The zero-order valence-corrected chi connectivity index (χ0v) is 11.5. The van der Waals surface area contributed by atoms with Gasteiger partial charge in [0.05, 0.1) is 0 Å². The van der Waals surface area contributed by atoms with Gasteiger partial charge in [0.25, 0.3) is 0 Å². The van der Waals surface area contributed by atoms with Crippen LogP contribution in [0.25, 0.3) is 0 Å². The average Bonchev–Trinajstić information content (AvgIpc) is 2.90. The Morgan fingerprint density at radius 3 is 2.68 bits per heavy atom. The highest BCUT2D eigenvalue weighted by molar-refractivity contribution is 5.83. The molecule has 1 rings (SSSR count). The molecular weight excluding hydrogens is 242 g/mol. The highest BCUT2D eigenvalue weighted by atomic mass is 16.4. The zero-order chi connectivity index (χ0) is 14.3. The molecule has 1 aliphatic rings. The van der Waals surface area contributed by atoms with Crippen molar-refractivity contribution in [1.29, 1.82) is 0 Å². The number of carbonyl (C=O) groups excluding carboxylic acids is 1. The van der Waals surface area contributed by atoms with Gasteiger partial charge < -0.3 is 10.8 Å². The molecule has 2 atom stereocenters. The molecule has 4 nitrogen and oxygen atoms in total. The molecule has 0 spiro atoms. The number of allylic oxidation sites excluding steroid dienone is 4. The van der Waals surface area contributed by atoms with Gasteiger partial charge in [-0.3, -0.25) is 9.59 Å². The lowest BCUT2D eigenvalue weighted by Gasteiger charge is -2.11. The molecule has 0 heterocycles. The number of aliphatic carboxylic acids is 1. The summed E-state index contributed by atoms with van der Waals surface area (Å²) in [5, 5.41) is 8.63. The van der Waals surface area contributed by atoms with Crippen LogP contribution in [0.2, 0.25) is 0 Å². The van der Waals surface area contributed by atoms with E-state index in [0.29, 0.717) is 12.8 Å². The van der Waals surface area contributed by atoms with Crippen molar-refractivity contribution in [2.24, 2.45) is 11.7 Å². The van der Waals surface area contributed by atoms with Crippen molar-refractivity contribution < 1.29 is 14.7 Å². The second kappa shape index (κ2) is 7.89. The predicted octanol–water partition coefficient (Wildman–Crippen LogP) is 2.44. The minimum atomic E-state index is -0.953. The van der Waals surface area contributed by atoms with E-state index in [1.54, 1.807) is 0 Å². The SMILES string of the molecule is CC(C(=O)CCCCC[C@H](N)C(=O)O)C1=CC=CC1. The van der Waals surface area contributed by atoms with E-state index >= 15 is 0 Å². The molecule has 1 aliphatic carbocycles. The number of carboxylic acids is 1. The molecule has 0 radical (unpaired) electrons. The van der Waals surface area contributed by atoms with E-state index in [2.05, 4.69) is 6.08 Å². The van der Waals surface area contributed by atoms with Gasteiger partial charge in [0.2, 0.25) is 0 Å². The maximum Gasteiger partial charge on any atom is 0.320 e. The number of unbranched alkanes of at least 4 members (excludes halogenated alkanes) is 2. The highest BCUT2D eigenvalue weighted by Crippen LogP contribution is 2.22. The van der Waals surface area contributed by atoms with E-state index in [1.165, 1.54) is 5.57 Å². The van der Waals surface area contributed by atoms with Gasteiger partial charge in [0.15, 0.2) is 0 Å². The first-order chi connectivity index (χ1) is 9.02. The molecule has 0 aromatic rings. The molecule has 0 aromatic heterocycles. The Morgan fingerprint density at radius 2 is 2.11 bits per heavy atom. The third-order valence-corrected chi connectivity index (χ3v) is 3.59. The molecule has 0 fully saturated rings. The second-order valence-corrected chi connectivity index (χ2v) is 5.11. The average molecular weight is 265 g/mol. The number of carbonyl (C=O) groups is 2. The molecule has 0 saturated carbocycles.